The first kappa shape index (κ1) is 19.9. The standard InChI is InChI=1S/C10H12Br6N2O2/c11-9(12,13)7(19)17-5-1-2-6(4-3-5)18-8(20)10(14,15)16/h5-6H,1-4H2,(H,17,19)(H,18,20). The van der Waals surface area contributed by atoms with Gasteiger partial charge in [-0.1, -0.05) is 0 Å². The van der Waals surface area contributed by atoms with Gasteiger partial charge in [0.2, 0.25) is 4.29 Å². The number of amides is 2. The third-order valence-corrected chi connectivity index (χ3v) is 5.07. The van der Waals surface area contributed by atoms with Gasteiger partial charge in [0.15, 0.2) is 0 Å². The van der Waals surface area contributed by atoms with Gasteiger partial charge in [-0.05, 0) is 121 Å². The molecule has 1 rings (SSSR count). The minimum Gasteiger partial charge on any atom is -0.351 e. The highest BCUT2D eigenvalue weighted by Crippen LogP contribution is 2.35. The van der Waals surface area contributed by atoms with Crippen LogP contribution in [-0.2, 0) is 9.59 Å². The molecule has 0 spiro atoms. The molecular weight excluding hydrogens is 660 g/mol. The second kappa shape index (κ2) is 8.08. The molecule has 1 saturated carbocycles. The van der Waals surface area contributed by atoms with Gasteiger partial charge in [-0.15, -0.1) is 0 Å². The van der Waals surface area contributed by atoms with Gasteiger partial charge in [-0.3, -0.25) is 9.59 Å². The Balaban J connectivity index is 2.37. The first-order chi connectivity index (χ1) is 9.00. The molecule has 2 N–H and O–H groups in total. The fraction of sp³-hybridized carbons (Fsp3) is 0.800. The second-order valence-corrected chi connectivity index (χ2v) is 18.0. The molecule has 116 valence electrons. The number of carbonyl (C=O) groups excluding carboxylic acids is 2. The lowest BCUT2D eigenvalue weighted by molar-refractivity contribution is -0.122. The SMILES string of the molecule is O=C(NC1CCC(NC(=O)C(Br)(Br)Br)CC1)C(Br)(Br)Br. The molecule has 1 aliphatic rings. The molecule has 20 heavy (non-hydrogen) atoms. The van der Waals surface area contributed by atoms with Crippen LogP contribution in [0.5, 0.6) is 0 Å². The molecule has 4 nitrogen and oxygen atoms in total. The van der Waals surface area contributed by atoms with E-state index in [0.717, 1.165) is 25.7 Å². The van der Waals surface area contributed by atoms with E-state index in [1.54, 1.807) is 0 Å². The van der Waals surface area contributed by atoms with E-state index >= 15 is 0 Å². The van der Waals surface area contributed by atoms with E-state index in [-0.39, 0.29) is 23.9 Å². The fourth-order valence-electron chi connectivity index (χ4n) is 1.92. The van der Waals surface area contributed by atoms with Gasteiger partial charge in [0, 0.05) is 12.1 Å². The average Bonchev–Trinajstić information content (AvgIpc) is 2.29. The van der Waals surface area contributed by atoms with Crippen molar-refractivity contribution in [1.82, 2.24) is 10.6 Å². The zero-order valence-electron chi connectivity index (χ0n) is 10.1. The van der Waals surface area contributed by atoms with Crippen molar-refractivity contribution in [2.24, 2.45) is 0 Å². The lowest BCUT2D eigenvalue weighted by atomic mass is 9.91. The molecule has 2 amide bonds. The number of rotatable bonds is 2. The van der Waals surface area contributed by atoms with E-state index in [4.69, 9.17) is 0 Å². The monoisotopic (exact) mass is 666 g/mol. The highest BCUT2D eigenvalue weighted by Gasteiger charge is 2.34. The summed E-state index contributed by atoms with van der Waals surface area (Å²) in [5.41, 5.74) is 0. The Bertz CT molecular complexity index is 335. The van der Waals surface area contributed by atoms with Crippen LogP contribution in [0.4, 0.5) is 0 Å². The summed E-state index contributed by atoms with van der Waals surface area (Å²) in [6.07, 6.45) is 3.33. The highest BCUT2D eigenvalue weighted by atomic mass is 80.0. The Kier molecular flexibility index (Phi) is 8.02. The summed E-state index contributed by atoms with van der Waals surface area (Å²) in [5, 5.41) is 5.89. The molecular formula is C10H12Br6N2O2. The van der Waals surface area contributed by atoms with Crippen molar-refractivity contribution in [3.63, 3.8) is 0 Å². The minimum atomic E-state index is -0.917. The van der Waals surface area contributed by atoms with Crippen LogP contribution in [0.2, 0.25) is 0 Å². The third kappa shape index (κ3) is 6.93. The van der Waals surface area contributed by atoms with E-state index in [2.05, 4.69) is 106 Å². The summed E-state index contributed by atoms with van der Waals surface area (Å²) >= 11 is 19.1. The summed E-state index contributed by atoms with van der Waals surface area (Å²) < 4.78 is -1.83. The Morgan fingerprint density at radius 3 is 1.15 bits per heavy atom. The van der Waals surface area contributed by atoms with E-state index in [1.807, 2.05) is 0 Å². The van der Waals surface area contributed by atoms with Crippen LogP contribution in [0.1, 0.15) is 25.7 Å². The van der Waals surface area contributed by atoms with Gasteiger partial charge in [0.1, 0.15) is 0 Å². The third-order valence-electron chi connectivity index (χ3n) is 2.91. The van der Waals surface area contributed by atoms with Gasteiger partial charge in [-0.25, -0.2) is 0 Å². The Labute approximate surface area is 168 Å². The van der Waals surface area contributed by atoms with Crippen molar-refractivity contribution in [3.05, 3.63) is 0 Å². The topological polar surface area (TPSA) is 58.2 Å². The number of halogens is 6. The van der Waals surface area contributed by atoms with E-state index in [1.165, 1.54) is 0 Å². The van der Waals surface area contributed by atoms with Crippen molar-refractivity contribution in [3.8, 4) is 0 Å². The lowest BCUT2D eigenvalue weighted by Gasteiger charge is -2.31. The molecule has 0 saturated heterocycles. The van der Waals surface area contributed by atoms with Crippen molar-refractivity contribution in [2.45, 2.75) is 42.1 Å². The largest absolute Gasteiger partial charge is 0.351 e. The van der Waals surface area contributed by atoms with Crippen molar-refractivity contribution < 1.29 is 9.59 Å². The Hall–Kier alpha value is 1.82. The maximum Gasteiger partial charge on any atom is 0.258 e. The molecule has 1 aliphatic carbocycles. The first-order valence-electron chi connectivity index (χ1n) is 5.75. The van der Waals surface area contributed by atoms with Crippen LogP contribution < -0.4 is 10.6 Å². The molecule has 10 heteroatoms. The van der Waals surface area contributed by atoms with Crippen LogP contribution in [0, 0.1) is 0 Å². The number of carbonyl (C=O) groups is 2. The van der Waals surface area contributed by atoms with Crippen molar-refractivity contribution >= 4 is 107 Å². The van der Waals surface area contributed by atoms with E-state index in [9.17, 15) is 9.59 Å². The van der Waals surface area contributed by atoms with Crippen molar-refractivity contribution in [1.29, 1.82) is 0 Å². The van der Waals surface area contributed by atoms with Gasteiger partial charge >= 0.3 is 0 Å². The minimum absolute atomic E-state index is 0.129. The zero-order chi connectivity index (χ0) is 15.6. The van der Waals surface area contributed by atoms with E-state index in [0.29, 0.717) is 0 Å². The average molecular weight is 672 g/mol. The summed E-state index contributed by atoms with van der Waals surface area (Å²) in [5.74, 6) is -0.323. The number of hydrogen-bond acceptors (Lipinski definition) is 2. The normalized spacial score (nSPS) is 24.1. The number of alkyl halides is 6. The lowest BCUT2D eigenvalue weighted by Crippen LogP contribution is -2.47. The van der Waals surface area contributed by atoms with Crippen LogP contribution >= 0.6 is 95.6 Å². The molecule has 0 heterocycles. The van der Waals surface area contributed by atoms with E-state index < -0.39 is 4.29 Å². The molecule has 0 aromatic heterocycles. The molecule has 0 aliphatic heterocycles. The van der Waals surface area contributed by atoms with Crippen LogP contribution in [0.15, 0.2) is 0 Å². The van der Waals surface area contributed by atoms with Gasteiger partial charge in [-0.2, -0.15) is 0 Å². The molecule has 0 aromatic carbocycles. The van der Waals surface area contributed by atoms with Gasteiger partial charge in [0.25, 0.3) is 11.8 Å². The first-order valence-corrected chi connectivity index (χ1v) is 10.5. The smallest absolute Gasteiger partial charge is 0.258 e. The van der Waals surface area contributed by atoms with Gasteiger partial charge < -0.3 is 10.6 Å². The summed E-state index contributed by atoms with van der Waals surface area (Å²) in [6.45, 7) is 0. The van der Waals surface area contributed by atoms with Crippen molar-refractivity contribution in [2.75, 3.05) is 0 Å². The summed E-state index contributed by atoms with van der Waals surface area (Å²) in [6, 6.07) is 0.258. The molecule has 0 radical (unpaired) electrons. The molecule has 1 fully saturated rings. The second-order valence-electron chi connectivity index (χ2n) is 4.49. The maximum absolute atomic E-state index is 11.8. The quantitative estimate of drug-likeness (QED) is 0.433. The van der Waals surface area contributed by atoms with Crippen LogP contribution in [-0.4, -0.2) is 28.2 Å². The summed E-state index contributed by atoms with van der Waals surface area (Å²) in [7, 11) is 0. The number of hydrogen-bond donors (Lipinski definition) is 2. The van der Waals surface area contributed by atoms with Crippen LogP contribution in [0.3, 0.4) is 0 Å². The maximum atomic E-state index is 11.8. The number of nitrogens with one attached hydrogen (secondary N) is 2. The molecule has 0 atom stereocenters. The molecule has 0 bridgehead atoms. The fourth-order valence-corrected chi connectivity index (χ4v) is 2.60. The zero-order valence-corrected chi connectivity index (χ0v) is 19.6. The molecule has 0 aromatic rings. The van der Waals surface area contributed by atoms with Gasteiger partial charge in [0.05, 0.1) is 0 Å². The highest BCUT2D eigenvalue weighted by molar-refractivity contribution is 9.40. The Morgan fingerprint density at radius 2 is 0.950 bits per heavy atom. The summed E-state index contributed by atoms with van der Waals surface area (Å²) in [4.78, 5) is 23.6. The predicted molar refractivity (Wildman–Crippen MR) is 101 cm³/mol. The van der Waals surface area contributed by atoms with Crippen LogP contribution in [0.25, 0.3) is 0 Å². The Morgan fingerprint density at radius 1 is 0.700 bits per heavy atom. The predicted octanol–water partition coefficient (Wildman–Crippen LogP) is 4.21. The molecule has 0 unspecified atom stereocenters.